The monoisotopic (exact) mass is 339 g/mol. The molecule has 2 saturated heterocycles. The van der Waals surface area contributed by atoms with Crippen LogP contribution in [0.4, 0.5) is 0 Å². The summed E-state index contributed by atoms with van der Waals surface area (Å²) in [6.07, 6.45) is 13.9. The molecule has 0 saturated carbocycles. The lowest BCUT2D eigenvalue weighted by Crippen LogP contribution is -2.47. The highest BCUT2D eigenvalue weighted by molar-refractivity contribution is 5.92. The van der Waals surface area contributed by atoms with E-state index >= 15 is 0 Å². The van der Waals surface area contributed by atoms with Gasteiger partial charge in [-0.1, -0.05) is 0 Å². The molecule has 0 aromatic carbocycles. The molecule has 2 aromatic rings. The van der Waals surface area contributed by atoms with Gasteiger partial charge in [0.25, 0.3) is 5.91 Å². The third-order valence-corrected chi connectivity index (χ3v) is 5.47. The number of aromatic nitrogens is 4. The number of hydrogen-bond donors (Lipinski definition) is 0. The second kappa shape index (κ2) is 6.84. The summed E-state index contributed by atoms with van der Waals surface area (Å²) in [5.74, 6) is -0.0325. The molecule has 0 bridgehead atoms. The molecule has 2 aromatic heterocycles. The smallest absolute Gasteiger partial charge is 0.274 e. The largest absolute Gasteiger partial charge is 0.377 e. The number of amides is 1. The lowest BCUT2D eigenvalue weighted by Gasteiger charge is -2.42. The van der Waals surface area contributed by atoms with Gasteiger partial charge in [0.15, 0.2) is 0 Å². The highest BCUT2D eigenvalue weighted by Crippen LogP contribution is 2.45. The van der Waals surface area contributed by atoms with Gasteiger partial charge < -0.3 is 9.64 Å². The highest BCUT2D eigenvalue weighted by atomic mass is 16.5. The van der Waals surface area contributed by atoms with Gasteiger partial charge in [-0.05, 0) is 24.8 Å². The summed E-state index contributed by atoms with van der Waals surface area (Å²) < 4.78 is 6.05. The van der Waals surface area contributed by atoms with Crippen molar-refractivity contribution < 1.29 is 9.53 Å². The van der Waals surface area contributed by atoms with Crippen LogP contribution in [-0.4, -0.2) is 56.5 Å². The molecule has 7 nitrogen and oxygen atoms in total. The van der Waals surface area contributed by atoms with Gasteiger partial charge in [0.1, 0.15) is 12.0 Å². The molecule has 4 heterocycles. The van der Waals surface area contributed by atoms with Crippen molar-refractivity contribution in [2.75, 3.05) is 19.7 Å². The lowest BCUT2D eigenvalue weighted by atomic mass is 9.71. The number of piperidine rings is 1. The summed E-state index contributed by atoms with van der Waals surface area (Å²) in [5.41, 5.74) is 1.67. The molecule has 1 amide bonds. The Hall–Kier alpha value is -2.41. The summed E-state index contributed by atoms with van der Waals surface area (Å²) >= 11 is 0. The highest BCUT2D eigenvalue weighted by Gasteiger charge is 2.46. The molecule has 1 unspecified atom stereocenters. The van der Waals surface area contributed by atoms with E-state index in [0.29, 0.717) is 5.69 Å². The lowest BCUT2D eigenvalue weighted by molar-refractivity contribution is 0.00960. The van der Waals surface area contributed by atoms with E-state index in [2.05, 4.69) is 19.9 Å². The van der Waals surface area contributed by atoms with Crippen LogP contribution in [0, 0.1) is 5.41 Å². The molecular weight excluding hydrogens is 318 g/mol. The standard InChI is InChI=1S/C18H21N5O2/c24-17(15-12-19-4-5-22-15)23-6-1-18(2-7-23)3-8-25-16(18)9-14-10-20-13-21-11-14/h4-5,10-13,16H,1-3,6-9H2. The van der Waals surface area contributed by atoms with E-state index in [1.165, 1.54) is 6.20 Å². The summed E-state index contributed by atoms with van der Waals surface area (Å²) in [5, 5.41) is 0. The van der Waals surface area contributed by atoms with Crippen LogP contribution >= 0.6 is 0 Å². The van der Waals surface area contributed by atoms with Crippen LogP contribution < -0.4 is 0 Å². The van der Waals surface area contributed by atoms with Crippen LogP contribution in [0.1, 0.15) is 35.3 Å². The van der Waals surface area contributed by atoms with Gasteiger partial charge in [-0.3, -0.25) is 9.78 Å². The second-order valence-corrected chi connectivity index (χ2v) is 6.81. The van der Waals surface area contributed by atoms with Crippen molar-refractivity contribution in [3.8, 4) is 0 Å². The third kappa shape index (κ3) is 3.24. The van der Waals surface area contributed by atoms with E-state index in [9.17, 15) is 4.79 Å². The van der Waals surface area contributed by atoms with E-state index in [1.54, 1.807) is 18.7 Å². The van der Waals surface area contributed by atoms with Crippen LogP contribution in [0.5, 0.6) is 0 Å². The Kier molecular flexibility index (Phi) is 4.40. The molecule has 130 valence electrons. The SMILES string of the molecule is O=C(c1cnccn1)N1CCC2(CCOC2Cc2cncnc2)CC1. The van der Waals surface area contributed by atoms with E-state index in [1.807, 2.05) is 17.3 Å². The van der Waals surface area contributed by atoms with Crippen LogP contribution in [0.3, 0.4) is 0 Å². The molecule has 1 atom stereocenters. The molecular formula is C18H21N5O2. The molecule has 2 aliphatic heterocycles. The first-order chi connectivity index (χ1) is 12.3. The molecule has 7 heteroatoms. The van der Waals surface area contributed by atoms with Crippen LogP contribution in [-0.2, 0) is 11.2 Å². The number of hydrogen-bond acceptors (Lipinski definition) is 6. The van der Waals surface area contributed by atoms with E-state index in [-0.39, 0.29) is 17.4 Å². The first kappa shape index (κ1) is 16.1. The third-order valence-electron chi connectivity index (χ3n) is 5.47. The number of likely N-dealkylation sites (tertiary alicyclic amines) is 1. The molecule has 4 rings (SSSR count). The van der Waals surface area contributed by atoms with Gasteiger partial charge in [-0.15, -0.1) is 0 Å². The van der Waals surface area contributed by atoms with Gasteiger partial charge in [-0.2, -0.15) is 0 Å². The number of nitrogens with zero attached hydrogens (tertiary/aromatic N) is 5. The zero-order chi connectivity index (χ0) is 17.1. The van der Waals surface area contributed by atoms with E-state index in [0.717, 1.165) is 50.9 Å². The quantitative estimate of drug-likeness (QED) is 0.843. The Morgan fingerprint density at radius 3 is 2.64 bits per heavy atom. The predicted octanol–water partition coefficient (Wildman–Crippen LogP) is 1.52. The van der Waals surface area contributed by atoms with Crippen molar-refractivity contribution in [3.63, 3.8) is 0 Å². The van der Waals surface area contributed by atoms with Crippen LogP contribution in [0.25, 0.3) is 0 Å². The fourth-order valence-electron chi connectivity index (χ4n) is 3.97. The maximum atomic E-state index is 12.6. The van der Waals surface area contributed by atoms with Gasteiger partial charge in [0.05, 0.1) is 12.3 Å². The maximum Gasteiger partial charge on any atom is 0.274 e. The molecule has 1 spiro atoms. The second-order valence-electron chi connectivity index (χ2n) is 6.81. The first-order valence-corrected chi connectivity index (χ1v) is 8.68. The Morgan fingerprint density at radius 1 is 1.12 bits per heavy atom. The number of carbonyl (C=O) groups is 1. The van der Waals surface area contributed by atoms with Crippen LogP contribution in [0.2, 0.25) is 0 Å². The predicted molar refractivity (Wildman–Crippen MR) is 89.7 cm³/mol. The first-order valence-electron chi connectivity index (χ1n) is 8.68. The van der Waals surface area contributed by atoms with Crippen molar-refractivity contribution >= 4 is 5.91 Å². The average molecular weight is 339 g/mol. The molecule has 0 N–H and O–H groups in total. The van der Waals surface area contributed by atoms with Gasteiger partial charge in [-0.25, -0.2) is 15.0 Å². The molecule has 2 aliphatic rings. The van der Waals surface area contributed by atoms with Crippen molar-refractivity contribution in [3.05, 3.63) is 48.6 Å². The minimum absolute atomic E-state index is 0.0325. The fraction of sp³-hybridized carbons (Fsp3) is 0.500. The summed E-state index contributed by atoms with van der Waals surface area (Å²) in [6, 6.07) is 0. The topological polar surface area (TPSA) is 81.1 Å². The van der Waals surface area contributed by atoms with Crippen molar-refractivity contribution in [2.24, 2.45) is 5.41 Å². The summed E-state index contributed by atoms with van der Waals surface area (Å²) in [6.45, 7) is 2.26. The molecule has 0 aliphatic carbocycles. The molecule has 25 heavy (non-hydrogen) atoms. The molecule has 2 fully saturated rings. The summed E-state index contributed by atoms with van der Waals surface area (Å²) in [4.78, 5) is 30.7. The van der Waals surface area contributed by atoms with Gasteiger partial charge >= 0.3 is 0 Å². The van der Waals surface area contributed by atoms with E-state index in [4.69, 9.17) is 4.74 Å². The zero-order valence-electron chi connectivity index (χ0n) is 14.0. The van der Waals surface area contributed by atoms with Crippen molar-refractivity contribution in [2.45, 2.75) is 31.8 Å². The number of carbonyl (C=O) groups excluding carboxylic acids is 1. The maximum absolute atomic E-state index is 12.6. The molecule has 0 radical (unpaired) electrons. The van der Waals surface area contributed by atoms with E-state index < -0.39 is 0 Å². The van der Waals surface area contributed by atoms with Crippen molar-refractivity contribution in [1.82, 2.24) is 24.8 Å². The Labute approximate surface area is 146 Å². The normalized spacial score (nSPS) is 22.2. The van der Waals surface area contributed by atoms with Gasteiger partial charge in [0, 0.05) is 56.3 Å². The Bertz CT molecular complexity index is 717. The number of rotatable bonds is 3. The minimum atomic E-state index is -0.0325. The van der Waals surface area contributed by atoms with Crippen LogP contribution in [0.15, 0.2) is 37.3 Å². The Balaban J connectivity index is 1.42. The fourth-order valence-corrected chi connectivity index (χ4v) is 3.97. The van der Waals surface area contributed by atoms with Gasteiger partial charge in [0.2, 0.25) is 0 Å². The zero-order valence-corrected chi connectivity index (χ0v) is 14.0. The summed E-state index contributed by atoms with van der Waals surface area (Å²) in [7, 11) is 0. The Morgan fingerprint density at radius 2 is 1.92 bits per heavy atom. The number of ether oxygens (including phenoxy) is 1. The minimum Gasteiger partial charge on any atom is -0.377 e. The average Bonchev–Trinajstić information content (AvgIpc) is 3.05. The van der Waals surface area contributed by atoms with Crippen molar-refractivity contribution in [1.29, 1.82) is 0 Å².